The molecule has 0 aromatic heterocycles. The van der Waals surface area contributed by atoms with Crippen molar-refractivity contribution in [2.45, 2.75) is 46.0 Å². The maximum absolute atomic E-state index is 11.0. The normalized spacial score (nSPS) is 10.4. The minimum atomic E-state index is -0.115. The van der Waals surface area contributed by atoms with Gasteiger partial charge in [-0.1, -0.05) is 32.3 Å². The van der Waals surface area contributed by atoms with Crippen LogP contribution in [0.4, 0.5) is 5.69 Å². The third-order valence-corrected chi connectivity index (χ3v) is 3.74. The number of aromatic hydroxyl groups is 1. The van der Waals surface area contributed by atoms with Crippen molar-refractivity contribution in [3.8, 4) is 17.2 Å². The van der Waals surface area contributed by atoms with Crippen LogP contribution in [0, 0.1) is 0 Å². The van der Waals surface area contributed by atoms with Gasteiger partial charge in [0, 0.05) is 12.6 Å². The van der Waals surface area contributed by atoms with E-state index in [1.54, 1.807) is 36.4 Å². The van der Waals surface area contributed by atoms with Crippen molar-refractivity contribution >= 4 is 11.6 Å². The van der Waals surface area contributed by atoms with Gasteiger partial charge in [-0.2, -0.15) is 0 Å². The van der Waals surface area contributed by atoms with E-state index in [0.29, 0.717) is 17.2 Å². The molecule has 2 N–H and O–H groups in total. The van der Waals surface area contributed by atoms with E-state index in [1.807, 2.05) is 6.07 Å². The number of hydrogen-bond acceptors (Lipinski definition) is 3. The van der Waals surface area contributed by atoms with E-state index in [2.05, 4.69) is 12.2 Å². The van der Waals surface area contributed by atoms with Gasteiger partial charge in [-0.15, -0.1) is 0 Å². The maximum atomic E-state index is 11.0. The lowest BCUT2D eigenvalue weighted by Crippen LogP contribution is -2.05. The molecule has 4 nitrogen and oxygen atoms in total. The molecular weight excluding hydrogens is 302 g/mol. The standard InChI is InChI=1S/C20H25NO3/c1-3-4-5-6-7-16-8-13-20(19(23)14-16)24-18-11-9-17(10-12-18)21-15(2)22/h8-14,23H,3-7H2,1-2H3,(H,21,22). The average Bonchev–Trinajstić information content (AvgIpc) is 2.55. The van der Waals surface area contributed by atoms with E-state index in [0.717, 1.165) is 18.4 Å². The van der Waals surface area contributed by atoms with Crippen LogP contribution in [0.3, 0.4) is 0 Å². The van der Waals surface area contributed by atoms with Gasteiger partial charge in [-0.05, 0) is 54.8 Å². The molecule has 2 aromatic carbocycles. The molecular formula is C20H25NO3. The van der Waals surface area contributed by atoms with Gasteiger partial charge in [0.25, 0.3) is 0 Å². The first kappa shape index (κ1) is 17.9. The van der Waals surface area contributed by atoms with Crippen molar-refractivity contribution in [3.05, 3.63) is 48.0 Å². The number of carbonyl (C=O) groups excluding carboxylic acids is 1. The first-order chi connectivity index (χ1) is 11.6. The Morgan fingerprint density at radius 2 is 1.83 bits per heavy atom. The highest BCUT2D eigenvalue weighted by atomic mass is 16.5. The number of aryl methyl sites for hydroxylation is 1. The van der Waals surface area contributed by atoms with Crippen molar-refractivity contribution in [1.29, 1.82) is 0 Å². The summed E-state index contributed by atoms with van der Waals surface area (Å²) >= 11 is 0. The topological polar surface area (TPSA) is 58.6 Å². The van der Waals surface area contributed by atoms with E-state index >= 15 is 0 Å². The number of phenols is 1. The first-order valence-corrected chi connectivity index (χ1v) is 8.46. The molecule has 0 saturated heterocycles. The molecule has 0 aliphatic carbocycles. The Labute approximate surface area is 143 Å². The van der Waals surface area contributed by atoms with Gasteiger partial charge in [0.05, 0.1) is 0 Å². The number of nitrogens with one attached hydrogen (secondary N) is 1. The number of unbranched alkanes of at least 4 members (excludes halogenated alkanes) is 3. The number of phenolic OH excluding ortho intramolecular Hbond substituents is 1. The zero-order valence-corrected chi connectivity index (χ0v) is 14.3. The predicted octanol–water partition coefficient (Wildman–Crippen LogP) is 5.27. The number of ether oxygens (including phenoxy) is 1. The quantitative estimate of drug-likeness (QED) is 0.650. The van der Waals surface area contributed by atoms with Crippen molar-refractivity contribution in [3.63, 3.8) is 0 Å². The highest BCUT2D eigenvalue weighted by Gasteiger charge is 2.06. The predicted molar refractivity (Wildman–Crippen MR) is 96.8 cm³/mol. The number of benzene rings is 2. The van der Waals surface area contributed by atoms with E-state index in [9.17, 15) is 9.90 Å². The van der Waals surface area contributed by atoms with Gasteiger partial charge in [0.1, 0.15) is 5.75 Å². The summed E-state index contributed by atoms with van der Waals surface area (Å²) in [6, 6.07) is 12.6. The van der Waals surface area contributed by atoms with Gasteiger partial charge in [0.2, 0.25) is 5.91 Å². The minimum absolute atomic E-state index is 0.115. The number of anilines is 1. The molecule has 0 heterocycles. The second kappa shape index (κ2) is 8.96. The smallest absolute Gasteiger partial charge is 0.221 e. The van der Waals surface area contributed by atoms with Crippen LogP contribution in [0.5, 0.6) is 17.2 Å². The van der Waals surface area contributed by atoms with E-state index in [1.165, 1.54) is 26.2 Å². The molecule has 2 rings (SSSR count). The van der Waals surface area contributed by atoms with E-state index in [4.69, 9.17) is 4.74 Å². The monoisotopic (exact) mass is 327 g/mol. The molecule has 0 atom stereocenters. The largest absolute Gasteiger partial charge is 0.504 e. The molecule has 0 unspecified atom stereocenters. The van der Waals surface area contributed by atoms with Crippen LogP contribution in [0.1, 0.15) is 45.1 Å². The van der Waals surface area contributed by atoms with Crippen molar-refractivity contribution < 1.29 is 14.6 Å². The fourth-order valence-corrected chi connectivity index (χ4v) is 2.50. The Morgan fingerprint density at radius 3 is 2.46 bits per heavy atom. The Hall–Kier alpha value is -2.49. The van der Waals surface area contributed by atoms with Crippen LogP contribution in [0.15, 0.2) is 42.5 Å². The number of rotatable bonds is 8. The molecule has 0 spiro atoms. The molecule has 0 bridgehead atoms. The van der Waals surface area contributed by atoms with Gasteiger partial charge in [-0.25, -0.2) is 0 Å². The molecule has 0 fully saturated rings. The average molecular weight is 327 g/mol. The molecule has 2 aromatic rings. The zero-order chi connectivity index (χ0) is 17.4. The van der Waals surface area contributed by atoms with E-state index in [-0.39, 0.29) is 11.7 Å². The molecule has 0 aliphatic heterocycles. The van der Waals surface area contributed by atoms with Crippen LogP contribution in [0.2, 0.25) is 0 Å². The van der Waals surface area contributed by atoms with E-state index < -0.39 is 0 Å². The summed E-state index contributed by atoms with van der Waals surface area (Å²) in [6.45, 7) is 3.66. The molecule has 0 aliphatic rings. The van der Waals surface area contributed by atoms with Crippen LogP contribution < -0.4 is 10.1 Å². The third kappa shape index (κ3) is 5.61. The Balaban J connectivity index is 1.95. The Kier molecular flexibility index (Phi) is 6.67. The molecule has 24 heavy (non-hydrogen) atoms. The van der Waals surface area contributed by atoms with Gasteiger partial charge in [-0.3, -0.25) is 4.79 Å². The molecule has 0 saturated carbocycles. The van der Waals surface area contributed by atoms with Crippen LogP contribution >= 0.6 is 0 Å². The summed E-state index contributed by atoms with van der Waals surface area (Å²) in [5.41, 5.74) is 1.83. The van der Waals surface area contributed by atoms with Gasteiger partial charge >= 0.3 is 0 Å². The van der Waals surface area contributed by atoms with Crippen LogP contribution in [0.25, 0.3) is 0 Å². The highest BCUT2D eigenvalue weighted by molar-refractivity contribution is 5.88. The molecule has 4 heteroatoms. The summed E-state index contributed by atoms with van der Waals surface area (Å²) in [5, 5.41) is 12.8. The summed E-state index contributed by atoms with van der Waals surface area (Å²) in [5.74, 6) is 1.07. The maximum Gasteiger partial charge on any atom is 0.221 e. The summed E-state index contributed by atoms with van der Waals surface area (Å²) in [7, 11) is 0. The fraction of sp³-hybridized carbons (Fsp3) is 0.350. The second-order valence-corrected chi connectivity index (χ2v) is 5.92. The van der Waals surface area contributed by atoms with Crippen molar-refractivity contribution in [1.82, 2.24) is 0 Å². The van der Waals surface area contributed by atoms with Gasteiger partial charge < -0.3 is 15.2 Å². The SMILES string of the molecule is CCCCCCc1ccc(Oc2ccc(NC(C)=O)cc2)c(O)c1. The number of hydrogen-bond donors (Lipinski definition) is 2. The van der Waals surface area contributed by atoms with Crippen LogP contribution in [-0.4, -0.2) is 11.0 Å². The third-order valence-electron chi connectivity index (χ3n) is 3.74. The van der Waals surface area contributed by atoms with Gasteiger partial charge in [0.15, 0.2) is 11.5 Å². The summed E-state index contributed by atoms with van der Waals surface area (Å²) in [4.78, 5) is 11.0. The number of carbonyl (C=O) groups is 1. The fourth-order valence-electron chi connectivity index (χ4n) is 2.50. The number of amides is 1. The lowest BCUT2D eigenvalue weighted by molar-refractivity contribution is -0.114. The summed E-state index contributed by atoms with van der Waals surface area (Å²) < 4.78 is 5.70. The Bertz CT molecular complexity index is 665. The second-order valence-electron chi connectivity index (χ2n) is 5.92. The van der Waals surface area contributed by atoms with Crippen LogP contribution in [-0.2, 0) is 11.2 Å². The molecule has 128 valence electrons. The minimum Gasteiger partial charge on any atom is -0.504 e. The zero-order valence-electron chi connectivity index (χ0n) is 14.3. The molecule has 1 amide bonds. The highest BCUT2D eigenvalue weighted by Crippen LogP contribution is 2.32. The van der Waals surface area contributed by atoms with Crippen molar-refractivity contribution in [2.75, 3.05) is 5.32 Å². The lowest BCUT2D eigenvalue weighted by Gasteiger charge is -2.10. The first-order valence-electron chi connectivity index (χ1n) is 8.46. The lowest BCUT2D eigenvalue weighted by atomic mass is 10.1. The Morgan fingerprint density at radius 1 is 1.08 bits per heavy atom. The van der Waals surface area contributed by atoms with Crippen molar-refractivity contribution in [2.24, 2.45) is 0 Å². The molecule has 0 radical (unpaired) electrons. The summed E-state index contributed by atoms with van der Waals surface area (Å²) in [6.07, 6.45) is 5.80.